The summed E-state index contributed by atoms with van der Waals surface area (Å²) in [5.41, 5.74) is 0. The molecule has 0 aromatic carbocycles. The van der Waals surface area contributed by atoms with Gasteiger partial charge in [0.15, 0.2) is 0 Å². The molecule has 1 N–H and O–H groups in total. The van der Waals surface area contributed by atoms with Gasteiger partial charge in [-0.2, -0.15) is 0 Å². The molecular weight excluding hydrogens is 202 g/mol. The molecule has 0 radical (unpaired) electrons. The van der Waals surface area contributed by atoms with E-state index in [2.05, 4.69) is 5.32 Å². The van der Waals surface area contributed by atoms with Crippen molar-refractivity contribution in [2.75, 3.05) is 19.6 Å². The molecule has 0 unspecified atom stereocenters. The lowest BCUT2D eigenvalue weighted by Gasteiger charge is -2.38. The van der Waals surface area contributed by atoms with Crippen LogP contribution < -0.4 is 5.32 Å². The quantitative estimate of drug-likeness (QED) is 0.707. The number of alkyl halides is 2. The molecule has 2 fully saturated rings. The highest BCUT2D eigenvalue weighted by atomic mass is 19.3. The number of nitrogens with zero attached hydrogens (tertiary/aromatic N) is 1. The van der Waals surface area contributed by atoms with Gasteiger partial charge in [0, 0.05) is 12.5 Å². The lowest BCUT2D eigenvalue weighted by Crippen LogP contribution is -2.53. The Balaban J connectivity index is 2.03. The fourth-order valence-corrected chi connectivity index (χ4v) is 2.27. The second-order valence-electron chi connectivity index (χ2n) is 4.52. The van der Waals surface area contributed by atoms with Gasteiger partial charge in [-0.1, -0.05) is 6.92 Å². The molecule has 0 aromatic heterocycles. The maximum atomic E-state index is 13.5. The van der Waals surface area contributed by atoms with Gasteiger partial charge in [-0.3, -0.25) is 9.69 Å². The van der Waals surface area contributed by atoms with Crippen LogP contribution in [0.15, 0.2) is 0 Å². The van der Waals surface area contributed by atoms with Crippen molar-refractivity contribution >= 4 is 5.91 Å². The van der Waals surface area contributed by atoms with Gasteiger partial charge in [0.05, 0.1) is 12.6 Å². The van der Waals surface area contributed by atoms with E-state index in [-0.39, 0.29) is 18.5 Å². The lowest BCUT2D eigenvalue weighted by molar-refractivity contribution is -0.134. The van der Waals surface area contributed by atoms with Crippen molar-refractivity contribution in [3.05, 3.63) is 0 Å². The van der Waals surface area contributed by atoms with Crippen molar-refractivity contribution in [3.8, 4) is 0 Å². The summed E-state index contributed by atoms with van der Waals surface area (Å²) in [6, 6.07) is -0.330. The molecule has 15 heavy (non-hydrogen) atoms. The Bertz CT molecular complexity index is 270. The van der Waals surface area contributed by atoms with Crippen LogP contribution in [0, 0.1) is 5.92 Å². The number of carbonyl (C=O) groups excluding carboxylic acids is 1. The minimum Gasteiger partial charge on any atom is -0.355 e. The van der Waals surface area contributed by atoms with E-state index in [1.54, 1.807) is 11.8 Å². The molecule has 1 amide bonds. The highest BCUT2D eigenvalue weighted by Gasteiger charge is 2.45. The molecule has 2 aliphatic rings. The molecule has 2 saturated heterocycles. The largest absolute Gasteiger partial charge is 0.355 e. The Hall–Kier alpha value is -0.710. The van der Waals surface area contributed by atoms with E-state index in [0.717, 1.165) is 0 Å². The first-order chi connectivity index (χ1) is 7.00. The molecule has 3 nitrogen and oxygen atoms in total. The van der Waals surface area contributed by atoms with E-state index >= 15 is 0 Å². The van der Waals surface area contributed by atoms with Crippen molar-refractivity contribution in [1.29, 1.82) is 0 Å². The van der Waals surface area contributed by atoms with Gasteiger partial charge in [-0.05, 0) is 19.4 Å². The Kier molecular flexibility index (Phi) is 2.66. The van der Waals surface area contributed by atoms with Gasteiger partial charge in [-0.25, -0.2) is 8.78 Å². The van der Waals surface area contributed by atoms with Crippen LogP contribution in [0.1, 0.15) is 19.8 Å². The van der Waals surface area contributed by atoms with E-state index in [1.807, 2.05) is 0 Å². The topological polar surface area (TPSA) is 32.3 Å². The summed E-state index contributed by atoms with van der Waals surface area (Å²) >= 11 is 0. The summed E-state index contributed by atoms with van der Waals surface area (Å²) in [6.07, 6.45) is 1.13. The van der Waals surface area contributed by atoms with Crippen molar-refractivity contribution in [2.45, 2.75) is 31.7 Å². The van der Waals surface area contributed by atoms with E-state index in [1.165, 1.54) is 0 Å². The Morgan fingerprint density at radius 2 is 2.20 bits per heavy atom. The SMILES string of the molecule is C[C@H]1CCN([C@@H]2CCNC2=O)CC1(F)F. The summed E-state index contributed by atoms with van der Waals surface area (Å²) in [7, 11) is 0. The molecule has 2 heterocycles. The van der Waals surface area contributed by atoms with Gasteiger partial charge < -0.3 is 5.32 Å². The third-order valence-corrected chi connectivity index (χ3v) is 3.44. The van der Waals surface area contributed by atoms with Crippen molar-refractivity contribution in [2.24, 2.45) is 5.92 Å². The maximum absolute atomic E-state index is 13.5. The molecule has 5 heteroatoms. The average molecular weight is 218 g/mol. The molecule has 0 saturated carbocycles. The number of hydrogen-bond acceptors (Lipinski definition) is 2. The molecule has 0 spiro atoms. The molecular formula is C10H16F2N2O. The second kappa shape index (κ2) is 3.70. The predicted molar refractivity (Wildman–Crippen MR) is 51.7 cm³/mol. The molecule has 86 valence electrons. The number of hydrogen-bond donors (Lipinski definition) is 1. The lowest BCUT2D eigenvalue weighted by atomic mass is 9.93. The number of piperidine rings is 1. The first-order valence-electron chi connectivity index (χ1n) is 5.40. The summed E-state index contributed by atoms with van der Waals surface area (Å²) in [5, 5.41) is 2.68. The van der Waals surface area contributed by atoms with E-state index in [9.17, 15) is 13.6 Å². The van der Waals surface area contributed by atoms with Crippen molar-refractivity contribution in [3.63, 3.8) is 0 Å². The zero-order chi connectivity index (χ0) is 11.1. The highest BCUT2D eigenvalue weighted by Crippen LogP contribution is 2.33. The Labute approximate surface area is 87.8 Å². The normalized spacial score (nSPS) is 36.6. The van der Waals surface area contributed by atoms with Crippen molar-refractivity contribution in [1.82, 2.24) is 10.2 Å². The molecule has 0 aliphatic carbocycles. The minimum atomic E-state index is -2.65. The number of carbonyl (C=O) groups is 1. The van der Waals surface area contributed by atoms with Crippen LogP contribution in [-0.4, -0.2) is 42.4 Å². The van der Waals surface area contributed by atoms with Gasteiger partial charge >= 0.3 is 0 Å². The van der Waals surface area contributed by atoms with Gasteiger partial charge in [-0.15, -0.1) is 0 Å². The summed E-state index contributed by atoms with van der Waals surface area (Å²) in [4.78, 5) is 13.0. The molecule has 0 aromatic rings. The second-order valence-corrected chi connectivity index (χ2v) is 4.52. The number of nitrogens with one attached hydrogen (secondary N) is 1. The monoisotopic (exact) mass is 218 g/mol. The first kappa shape index (κ1) is 10.8. The Morgan fingerprint density at radius 3 is 2.73 bits per heavy atom. The van der Waals surface area contributed by atoms with Crippen LogP contribution in [-0.2, 0) is 4.79 Å². The van der Waals surface area contributed by atoms with Gasteiger partial charge in [0.2, 0.25) is 5.91 Å². The Morgan fingerprint density at radius 1 is 1.47 bits per heavy atom. The van der Waals surface area contributed by atoms with Crippen LogP contribution in [0.3, 0.4) is 0 Å². The molecule has 2 aliphatic heterocycles. The summed E-state index contributed by atoms with van der Waals surface area (Å²) in [6.45, 7) is 2.52. The van der Waals surface area contributed by atoms with Crippen LogP contribution in [0.2, 0.25) is 0 Å². The zero-order valence-electron chi connectivity index (χ0n) is 8.80. The predicted octanol–water partition coefficient (Wildman–Crippen LogP) is 0.852. The highest BCUT2D eigenvalue weighted by molar-refractivity contribution is 5.83. The maximum Gasteiger partial charge on any atom is 0.263 e. The van der Waals surface area contributed by atoms with Crippen LogP contribution >= 0.6 is 0 Å². The zero-order valence-corrected chi connectivity index (χ0v) is 8.80. The van der Waals surface area contributed by atoms with E-state index in [4.69, 9.17) is 0 Å². The van der Waals surface area contributed by atoms with Gasteiger partial charge in [0.25, 0.3) is 5.92 Å². The van der Waals surface area contributed by atoms with Crippen LogP contribution in [0.4, 0.5) is 8.78 Å². The number of rotatable bonds is 1. The number of likely N-dealkylation sites (tertiary alicyclic amines) is 1. The van der Waals surface area contributed by atoms with Crippen LogP contribution in [0.5, 0.6) is 0 Å². The summed E-state index contributed by atoms with van der Waals surface area (Å²) < 4.78 is 26.9. The minimum absolute atomic E-state index is 0.0969. The first-order valence-corrected chi connectivity index (χ1v) is 5.40. The fourth-order valence-electron chi connectivity index (χ4n) is 2.27. The standard InChI is InChI=1S/C10H16F2N2O/c1-7-3-5-14(6-10(7,11)12)8-2-4-13-9(8)15/h7-8H,2-6H2,1H3,(H,13,15)/t7-,8+/m0/s1. The fraction of sp³-hybridized carbons (Fsp3) is 0.900. The molecule has 2 rings (SSSR count). The summed E-state index contributed by atoms with van der Waals surface area (Å²) in [5.74, 6) is -3.32. The molecule has 0 bridgehead atoms. The average Bonchev–Trinajstić information content (AvgIpc) is 2.56. The third kappa shape index (κ3) is 1.97. The van der Waals surface area contributed by atoms with Crippen molar-refractivity contribution < 1.29 is 13.6 Å². The van der Waals surface area contributed by atoms with Crippen LogP contribution in [0.25, 0.3) is 0 Å². The van der Waals surface area contributed by atoms with E-state index < -0.39 is 11.8 Å². The third-order valence-electron chi connectivity index (χ3n) is 3.44. The van der Waals surface area contributed by atoms with Gasteiger partial charge in [0.1, 0.15) is 0 Å². The number of halogens is 2. The van der Waals surface area contributed by atoms with E-state index in [0.29, 0.717) is 25.9 Å². The molecule has 2 atom stereocenters. The number of amides is 1. The smallest absolute Gasteiger partial charge is 0.263 e.